The molecule has 4 aromatic rings. The molecule has 1 nitrogen and oxygen atoms in total. The van der Waals surface area contributed by atoms with Gasteiger partial charge in [-0.2, -0.15) is 0 Å². The Morgan fingerprint density at radius 2 is 1.29 bits per heavy atom. The highest BCUT2D eigenvalue weighted by Crippen LogP contribution is 2.34. The summed E-state index contributed by atoms with van der Waals surface area (Å²) >= 11 is 0. The van der Waals surface area contributed by atoms with Gasteiger partial charge in [-0.1, -0.05) is 75.4 Å². The zero-order valence-corrected chi connectivity index (χ0v) is 18.8. The lowest BCUT2D eigenvalue weighted by Crippen LogP contribution is -2.19. The van der Waals surface area contributed by atoms with Gasteiger partial charge in [0.1, 0.15) is 0 Å². The van der Waals surface area contributed by atoms with Gasteiger partial charge in [0.25, 0.3) is 0 Å². The molecular weight excluding hydrogens is 374 g/mol. The van der Waals surface area contributed by atoms with Crippen LogP contribution in [0.3, 0.4) is 0 Å². The maximum Gasteiger partial charge on any atom is 0.0390 e. The molecule has 0 amide bonds. The van der Waals surface area contributed by atoms with Gasteiger partial charge in [0.2, 0.25) is 0 Å². The lowest BCUT2D eigenvalue weighted by Gasteiger charge is -2.27. The second kappa shape index (κ2) is 7.89. The third-order valence-corrected chi connectivity index (χ3v) is 7.47. The lowest BCUT2D eigenvalue weighted by atomic mass is 9.77. The highest BCUT2D eigenvalue weighted by atomic mass is 14.9. The molecule has 0 spiro atoms. The Kier molecular flexibility index (Phi) is 5.06. The molecule has 0 unspecified atom stereocenters. The summed E-state index contributed by atoms with van der Waals surface area (Å²) in [6.45, 7) is 6.94. The second-order valence-corrected chi connectivity index (χ2v) is 9.23. The van der Waals surface area contributed by atoms with Gasteiger partial charge in [0.15, 0.2) is 0 Å². The van der Waals surface area contributed by atoms with Gasteiger partial charge in [-0.15, -0.1) is 0 Å². The molecule has 4 aromatic carbocycles. The summed E-state index contributed by atoms with van der Waals surface area (Å²) in [5.74, 6) is 0. The molecule has 0 saturated heterocycles. The first-order chi connectivity index (χ1) is 15.1. The van der Waals surface area contributed by atoms with Crippen LogP contribution in [-0.4, -0.2) is 0 Å². The molecule has 0 aromatic heterocycles. The number of benzene rings is 4. The molecule has 1 aliphatic carbocycles. The van der Waals surface area contributed by atoms with E-state index in [4.69, 9.17) is 0 Å². The number of nitrogens with one attached hydrogen (secondary N) is 1. The molecule has 1 heteroatoms. The highest BCUT2D eigenvalue weighted by molar-refractivity contribution is 5.87. The fourth-order valence-electron chi connectivity index (χ4n) is 4.64. The summed E-state index contributed by atoms with van der Waals surface area (Å²) in [5, 5.41) is 6.17. The van der Waals surface area contributed by atoms with Crippen molar-refractivity contribution in [2.24, 2.45) is 0 Å². The van der Waals surface area contributed by atoms with E-state index in [0.29, 0.717) is 0 Å². The number of rotatable bonds is 6. The van der Waals surface area contributed by atoms with Gasteiger partial charge in [0, 0.05) is 11.4 Å². The largest absolute Gasteiger partial charge is 0.356 e. The van der Waals surface area contributed by atoms with E-state index in [9.17, 15) is 0 Å². The first-order valence-electron chi connectivity index (χ1n) is 11.6. The van der Waals surface area contributed by atoms with Crippen molar-refractivity contribution in [2.75, 3.05) is 5.32 Å². The van der Waals surface area contributed by atoms with Crippen LogP contribution in [0, 0.1) is 0 Å². The fourth-order valence-corrected chi connectivity index (χ4v) is 4.64. The monoisotopic (exact) mass is 405 g/mol. The molecule has 156 valence electrons. The normalized spacial score (nSPS) is 13.0. The van der Waals surface area contributed by atoms with Crippen molar-refractivity contribution in [2.45, 2.75) is 51.9 Å². The summed E-state index contributed by atoms with van der Waals surface area (Å²) in [6.07, 6.45) is 4.79. The van der Waals surface area contributed by atoms with Crippen molar-refractivity contribution >= 4 is 22.1 Å². The number of fused-ring (bicyclic) bond motifs is 2. The maximum atomic E-state index is 3.57. The molecular formula is C30H31N. The van der Waals surface area contributed by atoms with E-state index in [1.807, 2.05) is 0 Å². The van der Waals surface area contributed by atoms with Crippen LogP contribution < -0.4 is 5.32 Å². The SMILES string of the molecule is CCC(C)(CC)c1ccc2cc(Nc3ccc(-c4ccc5c(c4)CC5)cc3)ccc2c1. The van der Waals surface area contributed by atoms with Gasteiger partial charge in [-0.25, -0.2) is 0 Å². The van der Waals surface area contributed by atoms with Crippen LogP contribution in [0.25, 0.3) is 21.9 Å². The summed E-state index contributed by atoms with van der Waals surface area (Å²) in [7, 11) is 0. The number of hydrogen-bond donors (Lipinski definition) is 1. The Morgan fingerprint density at radius 1 is 0.645 bits per heavy atom. The van der Waals surface area contributed by atoms with E-state index >= 15 is 0 Å². The summed E-state index contributed by atoms with van der Waals surface area (Å²) in [5.41, 5.74) is 9.57. The third kappa shape index (κ3) is 3.74. The molecule has 0 bridgehead atoms. The predicted octanol–water partition coefficient (Wildman–Crippen LogP) is 8.43. The van der Waals surface area contributed by atoms with E-state index in [1.165, 1.54) is 51.4 Å². The van der Waals surface area contributed by atoms with Crippen molar-refractivity contribution in [3.63, 3.8) is 0 Å². The zero-order valence-electron chi connectivity index (χ0n) is 18.8. The molecule has 1 N–H and O–H groups in total. The molecule has 0 heterocycles. The minimum Gasteiger partial charge on any atom is -0.356 e. The minimum absolute atomic E-state index is 0.257. The topological polar surface area (TPSA) is 12.0 Å². The molecule has 0 radical (unpaired) electrons. The van der Waals surface area contributed by atoms with Crippen LogP contribution in [0.2, 0.25) is 0 Å². The summed E-state index contributed by atoms with van der Waals surface area (Å²) in [6, 6.07) is 29.3. The van der Waals surface area contributed by atoms with E-state index in [1.54, 1.807) is 0 Å². The maximum absolute atomic E-state index is 3.57. The molecule has 0 atom stereocenters. The van der Waals surface area contributed by atoms with Crippen molar-refractivity contribution < 1.29 is 0 Å². The van der Waals surface area contributed by atoms with Crippen molar-refractivity contribution in [3.8, 4) is 11.1 Å². The van der Waals surface area contributed by atoms with E-state index in [-0.39, 0.29) is 5.41 Å². The third-order valence-electron chi connectivity index (χ3n) is 7.47. The Balaban J connectivity index is 1.35. The first-order valence-corrected chi connectivity index (χ1v) is 11.6. The van der Waals surface area contributed by atoms with Gasteiger partial charge in [-0.3, -0.25) is 0 Å². The Labute approximate surface area is 186 Å². The van der Waals surface area contributed by atoms with Crippen LogP contribution >= 0.6 is 0 Å². The predicted molar refractivity (Wildman–Crippen MR) is 134 cm³/mol. The Morgan fingerprint density at radius 3 is 1.97 bits per heavy atom. The van der Waals surface area contributed by atoms with Crippen LogP contribution in [0.15, 0.2) is 78.9 Å². The van der Waals surface area contributed by atoms with E-state index in [0.717, 1.165) is 24.2 Å². The summed E-state index contributed by atoms with van der Waals surface area (Å²) in [4.78, 5) is 0. The quantitative estimate of drug-likeness (QED) is 0.339. The average Bonchev–Trinajstić information content (AvgIpc) is 2.79. The van der Waals surface area contributed by atoms with Gasteiger partial charge >= 0.3 is 0 Å². The molecule has 31 heavy (non-hydrogen) atoms. The van der Waals surface area contributed by atoms with Crippen LogP contribution in [0.4, 0.5) is 11.4 Å². The van der Waals surface area contributed by atoms with Gasteiger partial charge < -0.3 is 5.32 Å². The first kappa shape index (κ1) is 19.9. The smallest absolute Gasteiger partial charge is 0.0390 e. The molecule has 0 saturated carbocycles. The summed E-state index contributed by atoms with van der Waals surface area (Å²) < 4.78 is 0. The van der Waals surface area contributed by atoms with Crippen LogP contribution in [-0.2, 0) is 18.3 Å². The van der Waals surface area contributed by atoms with Crippen molar-refractivity contribution in [1.29, 1.82) is 0 Å². The van der Waals surface area contributed by atoms with Crippen LogP contribution in [0.5, 0.6) is 0 Å². The molecule has 0 fully saturated rings. The standard InChI is InChI=1S/C30H31N/c1-4-30(3,5-2)27-14-10-26-20-29(17-13-25(26)19-27)31-28-15-11-22(12-16-28)24-9-7-21-6-8-23(21)18-24/h7,9-20,31H,4-6,8H2,1-3H3. The Bertz CT molecular complexity index is 1230. The van der Waals surface area contributed by atoms with E-state index < -0.39 is 0 Å². The molecule has 5 rings (SSSR count). The minimum atomic E-state index is 0.257. The second-order valence-electron chi connectivity index (χ2n) is 9.23. The number of anilines is 2. The van der Waals surface area contributed by atoms with Crippen LogP contribution in [0.1, 0.15) is 50.3 Å². The van der Waals surface area contributed by atoms with E-state index in [2.05, 4.69) is 105 Å². The number of hydrogen-bond acceptors (Lipinski definition) is 1. The fraction of sp³-hybridized carbons (Fsp3) is 0.267. The van der Waals surface area contributed by atoms with Crippen molar-refractivity contribution in [1.82, 2.24) is 0 Å². The average molecular weight is 406 g/mol. The molecule has 0 aliphatic heterocycles. The lowest BCUT2D eigenvalue weighted by molar-refractivity contribution is 0.439. The van der Waals surface area contributed by atoms with Gasteiger partial charge in [-0.05, 0) is 94.0 Å². The number of aryl methyl sites for hydroxylation is 2. The van der Waals surface area contributed by atoms with Gasteiger partial charge in [0.05, 0.1) is 0 Å². The zero-order chi connectivity index (χ0) is 21.4. The molecule has 1 aliphatic rings. The Hall–Kier alpha value is -3.06. The van der Waals surface area contributed by atoms with Crippen molar-refractivity contribution in [3.05, 3.63) is 95.6 Å². The highest BCUT2D eigenvalue weighted by Gasteiger charge is 2.22.